The first-order chi connectivity index (χ1) is 20.7. The zero-order valence-corrected chi connectivity index (χ0v) is 26.6. The van der Waals surface area contributed by atoms with Crippen molar-refractivity contribution < 1.29 is 28.5 Å². The summed E-state index contributed by atoms with van der Waals surface area (Å²) in [5.74, 6) is 8.94. The molecule has 0 radical (unpaired) electrons. The minimum absolute atomic E-state index is 0.177. The average Bonchev–Trinajstić information content (AvgIpc) is 2.95. The highest BCUT2D eigenvalue weighted by atomic mass is 16.6. The van der Waals surface area contributed by atoms with Crippen molar-refractivity contribution >= 4 is 11.9 Å². The molecule has 43 heavy (non-hydrogen) atoms. The normalized spacial score (nSPS) is 10.6. The highest BCUT2D eigenvalue weighted by Crippen LogP contribution is 2.39. The second kappa shape index (κ2) is 22.8. The van der Waals surface area contributed by atoms with Crippen molar-refractivity contribution in [2.24, 2.45) is 0 Å². The third-order valence-corrected chi connectivity index (χ3v) is 6.20. The van der Waals surface area contributed by atoms with E-state index >= 15 is 0 Å². The number of benzene rings is 1. The van der Waals surface area contributed by atoms with Gasteiger partial charge >= 0.3 is 5.97 Å². The molecule has 0 aliphatic rings. The number of hydrogen-bond acceptors (Lipinski definition) is 6. The van der Waals surface area contributed by atoms with E-state index < -0.39 is 5.60 Å². The molecule has 0 bridgehead atoms. The van der Waals surface area contributed by atoms with Crippen LogP contribution < -0.4 is 19.5 Å². The number of hydrogen-bond donors (Lipinski definition) is 1. The lowest BCUT2D eigenvalue weighted by atomic mass is 10.1. The van der Waals surface area contributed by atoms with Crippen LogP contribution in [-0.2, 0) is 9.53 Å². The van der Waals surface area contributed by atoms with Crippen LogP contribution in [0.2, 0.25) is 0 Å². The predicted molar refractivity (Wildman–Crippen MR) is 172 cm³/mol. The average molecular weight is 594 g/mol. The summed E-state index contributed by atoms with van der Waals surface area (Å²) in [7, 11) is 0. The van der Waals surface area contributed by atoms with E-state index in [0.717, 1.165) is 64.2 Å². The highest BCUT2D eigenvalue weighted by molar-refractivity contribution is 5.95. The Labute approximate surface area is 260 Å². The highest BCUT2D eigenvalue weighted by Gasteiger charge is 2.19. The third-order valence-electron chi connectivity index (χ3n) is 6.20. The standard InChI is InChI=1S/C36H51NO6/c1-7-10-13-20-25-40-31-28-30(35(39)37-24-19-17-16-18-23-33(38)43-36(4,5)6)29-32(41-26-21-14-11-8-2)34(31)42-27-22-15-12-9-3/h1-3,28-29H,10-27H2,4-6H3,(H,37,39). The molecule has 0 aliphatic heterocycles. The van der Waals surface area contributed by atoms with Crippen molar-refractivity contribution in [3.05, 3.63) is 17.7 Å². The fourth-order valence-electron chi connectivity index (χ4n) is 4.03. The zero-order chi connectivity index (χ0) is 31.8. The number of carbonyl (C=O) groups is 2. The van der Waals surface area contributed by atoms with Gasteiger partial charge < -0.3 is 24.3 Å². The number of carbonyl (C=O) groups excluding carboxylic acids is 2. The van der Waals surface area contributed by atoms with Gasteiger partial charge in [0.2, 0.25) is 5.75 Å². The van der Waals surface area contributed by atoms with Gasteiger partial charge in [-0.05, 0) is 84.3 Å². The molecule has 236 valence electrons. The molecule has 7 heteroatoms. The van der Waals surface area contributed by atoms with Crippen molar-refractivity contribution in [2.45, 2.75) is 116 Å². The van der Waals surface area contributed by atoms with Crippen LogP contribution >= 0.6 is 0 Å². The van der Waals surface area contributed by atoms with E-state index in [1.165, 1.54) is 0 Å². The van der Waals surface area contributed by atoms with Crippen LogP contribution in [0.4, 0.5) is 0 Å². The molecule has 1 amide bonds. The molecule has 0 aliphatic carbocycles. The topological polar surface area (TPSA) is 83.1 Å². The van der Waals surface area contributed by atoms with E-state index in [9.17, 15) is 9.59 Å². The Morgan fingerprint density at radius 1 is 0.698 bits per heavy atom. The van der Waals surface area contributed by atoms with Crippen LogP contribution in [0.3, 0.4) is 0 Å². The monoisotopic (exact) mass is 593 g/mol. The Hall–Kier alpha value is -3.76. The molecule has 1 rings (SSSR count). The molecule has 0 saturated carbocycles. The molecule has 1 aromatic rings. The van der Waals surface area contributed by atoms with Gasteiger partial charge in [0.1, 0.15) is 5.60 Å². The van der Waals surface area contributed by atoms with Gasteiger partial charge in [-0.1, -0.05) is 12.8 Å². The molecule has 0 saturated heterocycles. The summed E-state index contributed by atoms with van der Waals surface area (Å²) < 4.78 is 23.7. The summed E-state index contributed by atoms with van der Waals surface area (Å²) in [6.07, 6.45) is 26.8. The van der Waals surface area contributed by atoms with Gasteiger partial charge in [-0.3, -0.25) is 9.59 Å². The quantitative estimate of drug-likeness (QED) is 0.0817. The van der Waals surface area contributed by atoms with Crippen molar-refractivity contribution in [1.82, 2.24) is 5.32 Å². The van der Waals surface area contributed by atoms with E-state index in [0.29, 0.717) is 74.9 Å². The molecule has 0 atom stereocenters. The Kier molecular flexibility index (Phi) is 19.7. The summed E-state index contributed by atoms with van der Waals surface area (Å²) >= 11 is 0. The summed E-state index contributed by atoms with van der Waals surface area (Å²) in [6.45, 7) is 7.43. The largest absolute Gasteiger partial charge is 0.490 e. The van der Waals surface area contributed by atoms with Gasteiger partial charge in [0.25, 0.3) is 5.91 Å². The number of unbranched alkanes of at least 4 members (excludes halogenated alkanes) is 9. The Bertz CT molecular complexity index is 1040. The molecule has 0 fully saturated rings. The lowest BCUT2D eigenvalue weighted by Gasteiger charge is -2.19. The van der Waals surface area contributed by atoms with Crippen molar-refractivity contribution in [3.63, 3.8) is 0 Å². The number of esters is 1. The number of nitrogens with one attached hydrogen (secondary N) is 1. The Morgan fingerprint density at radius 2 is 1.19 bits per heavy atom. The van der Waals surface area contributed by atoms with Crippen LogP contribution in [-0.4, -0.2) is 43.8 Å². The minimum atomic E-state index is -0.465. The fraction of sp³-hybridized carbons (Fsp3) is 0.611. The van der Waals surface area contributed by atoms with Crippen LogP contribution in [0.25, 0.3) is 0 Å². The van der Waals surface area contributed by atoms with Gasteiger partial charge in [-0.2, -0.15) is 0 Å². The molecular formula is C36H51NO6. The molecule has 0 spiro atoms. The van der Waals surface area contributed by atoms with Crippen LogP contribution in [0.1, 0.15) is 121 Å². The van der Waals surface area contributed by atoms with Crippen LogP contribution in [0.5, 0.6) is 17.2 Å². The summed E-state index contributed by atoms with van der Waals surface area (Å²) in [5.41, 5.74) is -0.0324. The smallest absolute Gasteiger partial charge is 0.306 e. The predicted octanol–water partition coefficient (Wildman–Crippen LogP) is 7.26. The van der Waals surface area contributed by atoms with Crippen LogP contribution in [0, 0.1) is 37.0 Å². The molecule has 0 unspecified atom stereocenters. The summed E-state index contributed by atoms with van der Waals surface area (Å²) in [5, 5.41) is 2.99. The number of ether oxygens (including phenoxy) is 4. The second-order valence-corrected chi connectivity index (χ2v) is 11.3. The van der Waals surface area contributed by atoms with Crippen LogP contribution in [0.15, 0.2) is 12.1 Å². The van der Waals surface area contributed by atoms with Gasteiger partial charge in [0.05, 0.1) is 19.8 Å². The van der Waals surface area contributed by atoms with E-state index in [2.05, 4.69) is 23.1 Å². The van der Waals surface area contributed by atoms with E-state index in [4.69, 9.17) is 38.2 Å². The van der Waals surface area contributed by atoms with Crippen molar-refractivity contribution in [1.29, 1.82) is 0 Å². The molecule has 1 N–H and O–H groups in total. The lowest BCUT2D eigenvalue weighted by Crippen LogP contribution is -2.24. The molecule has 0 heterocycles. The lowest BCUT2D eigenvalue weighted by molar-refractivity contribution is -0.154. The first kappa shape index (κ1) is 37.3. The maximum atomic E-state index is 13.1. The minimum Gasteiger partial charge on any atom is -0.490 e. The molecule has 7 nitrogen and oxygen atoms in total. The van der Waals surface area contributed by atoms with Gasteiger partial charge in [-0.25, -0.2) is 0 Å². The molecule has 0 aromatic heterocycles. The molecular weight excluding hydrogens is 542 g/mol. The Balaban J connectivity index is 2.87. The van der Waals surface area contributed by atoms with Crippen molar-refractivity contribution in [3.8, 4) is 54.3 Å². The zero-order valence-electron chi connectivity index (χ0n) is 26.6. The fourth-order valence-corrected chi connectivity index (χ4v) is 4.03. The first-order valence-corrected chi connectivity index (χ1v) is 15.6. The SMILES string of the molecule is C#CCCCCOc1cc(C(=O)NCCCCCCC(=O)OC(C)(C)C)cc(OCCCCC#C)c1OCCCCC#C. The van der Waals surface area contributed by atoms with Gasteiger partial charge in [0, 0.05) is 37.8 Å². The number of rotatable bonds is 23. The third kappa shape index (κ3) is 18.4. The summed E-state index contributed by atoms with van der Waals surface area (Å²) in [4.78, 5) is 25.0. The van der Waals surface area contributed by atoms with E-state index in [1.807, 2.05) is 20.8 Å². The second-order valence-electron chi connectivity index (χ2n) is 11.3. The van der Waals surface area contributed by atoms with E-state index in [1.54, 1.807) is 12.1 Å². The maximum absolute atomic E-state index is 13.1. The van der Waals surface area contributed by atoms with Gasteiger partial charge in [-0.15, -0.1) is 37.0 Å². The number of terminal acetylenes is 3. The number of amides is 1. The maximum Gasteiger partial charge on any atom is 0.306 e. The molecule has 1 aromatic carbocycles. The van der Waals surface area contributed by atoms with Crippen molar-refractivity contribution in [2.75, 3.05) is 26.4 Å². The summed E-state index contributed by atoms with van der Waals surface area (Å²) in [6, 6.07) is 3.42. The van der Waals surface area contributed by atoms with E-state index in [-0.39, 0.29) is 11.9 Å². The Morgan fingerprint density at radius 3 is 1.67 bits per heavy atom. The van der Waals surface area contributed by atoms with Gasteiger partial charge in [0.15, 0.2) is 11.5 Å². The first-order valence-electron chi connectivity index (χ1n) is 15.6.